The summed E-state index contributed by atoms with van der Waals surface area (Å²) in [5, 5.41) is 4.26. The SMILES string of the molecule is C=C/C(=C\C1=C(C)N[C@@](C)(c2ccc(Cl)cc2)C1)C(C)=O.CC.CCCC(CC)N1CCOC1=O. The molecule has 1 amide bonds. The van der Waals surface area contributed by atoms with Gasteiger partial charge in [-0.15, -0.1) is 0 Å². The normalized spacial score (nSPS) is 20.2. The lowest BCUT2D eigenvalue weighted by atomic mass is 9.88. The van der Waals surface area contributed by atoms with Crippen molar-refractivity contribution in [1.82, 2.24) is 10.2 Å². The summed E-state index contributed by atoms with van der Waals surface area (Å²) in [6.07, 6.45) is 7.48. The molecule has 1 N–H and O–H groups in total. The number of hydrogen-bond acceptors (Lipinski definition) is 4. The molecule has 0 bridgehead atoms. The Balaban J connectivity index is 0.000000372. The van der Waals surface area contributed by atoms with Gasteiger partial charge in [0.05, 0.1) is 12.1 Å². The molecule has 2 aliphatic rings. The van der Waals surface area contributed by atoms with Crippen LogP contribution >= 0.6 is 11.6 Å². The molecule has 1 unspecified atom stereocenters. The lowest BCUT2D eigenvalue weighted by molar-refractivity contribution is -0.113. The first-order valence-corrected chi connectivity index (χ1v) is 13.0. The molecule has 5 nitrogen and oxygen atoms in total. The third-order valence-electron chi connectivity index (χ3n) is 6.25. The Morgan fingerprint density at radius 1 is 1.29 bits per heavy atom. The molecular weight excluding hydrogens is 460 g/mol. The summed E-state index contributed by atoms with van der Waals surface area (Å²) in [6, 6.07) is 8.27. The highest BCUT2D eigenvalue weighted by atomic mass is 35.5. The van der Waals surface area contributed by atoms with E-state index in [1.165, 1.54) is 5.56 Å². The minimum Gasteiger partial charge on any atom is -0.448 e. The summed E-state index contributed by atoms with van der Waals surface area (Å²) >= 11 is 5.95. The quantitative estimate of drug-likeness (QED) is 0.294. The molecule has 1 aromatic carbocycles. The number of carbonyl (C=O) groups excluding carboxylic acids is 2. The highest BCUT2D eigenvalue weighted by molar-refractivity contribution is 6.30. The Morgan fingerprint density at radius 3 is 2.37 bits per heavy atom. The molecule has 2 heterocycles. The lowest BCUT2D eigenvalue weighted by Crippen LogP contribution is -2.35. The number of ketones is 1. The number of halogens is 1. The summed E-state index contributed by atoms with van der Waals surface area (Å²) in [6.45, 7) is 19.1. The van der Waals surface area contributed by atoms with Crippen molar-refractivity contribution in [1.29, 1.82) is 0 Å². The number of nitrogens with zero attached hydrogens (tertiary/aromatic N) is 1. The lowest BCUT2D eigenvalue weighted by Gasteiger charge is -2.27. The number of rotatable bonds is 8. The number of hydrogen-bond donors (Lipinski definition) is 1. The van der Waals surface area contributed by atoms with Crippen molar-refractivity contribution in [3.63, 3.8) is 0 Å². The van der Waals surface area contributed by atoms with Gasteiger partial charge in [0.15, 0.2) is 5.78 Å². The van der Waals surface area contributed by atoms with Gasteiger partial charge >= 0.3 is 6.09 Å². The van der Waals surface area contributed by atoms with Crippen LogP contribution in [0, 0.1) is 0 Å². The molecule has 1 saturated heterocycles. The van der Waals surface area contributed by atoms with E-state index in [9.17, 15) is 9.59 Å². The van der Waals surface area contributed by atoms with E-state index in [-0.39, 0.29) is 17.4 Å². The summed E-state index contributed by atoms with van der Waals surface area (Å²) in [5.74, 6) is 0.0328. The molecule has 0 aliphatic carbocycles. The van der Waals surface area contributed by atoms with E-state index in [2.05, 4.69) is 32.7 Å². The minimum atomic E-state index is -0.177. The number of cyclic esters (lactones) is 1. The van der Waals surface area contributed by atoms with Crippen molar-refractivity contribution in [3.05, 3.63) is 70.4 Å². The fourth-order valence-corrected chi connectivity index (χ4v) is 4.47. The van der Waals surface area contributed by atoms with Gasteiger partial charge in [-0.1, -0.05) is 70.5 Å². The van der Waals surface area contributed by atoms with Crippen LogP contribution in [0.3, 0.4) is 0 Å². The smallest absolute Gasteiger partial charge is 0.410 e. The van der Waals surface area contributed by atoms with E-state index in [0.717, 1.165) is 48.5 Å². The molecule has 35 heavy (non-hydrogen) atoms. The topological polar surface area (TPSA) is 58.6 Å². The molecule has 0 radical (unpaired) electrons. The van der Waals surface area contributed by atoms with Gasteiger partial charge in [-0.25, -0.2) is 4.79 Å². The van der Waals surface area contributed by atoms with Gasteiger partial charge in [0.1, 0.15) is 6.61 Å². The van der Waals surface area contributed by atoms with Crippen molar-refractivity contribution in [2.75, 3.05) is 13.2 Å². The zero-order valence-corrected chi connectivity index (χ0v) is 23.3. The number of allylic oxidation sites excluding steroid dienone is 4. The van der Waals surface area contributed by atoms with Crippen molar-refractivity contribution in [3.8, 4) is 0 Å². The van der Waals surface area contributed by atoms with Gasteiger partial charge < -0.3 is 15.0 Å². The Hall–Kier alpha value is -2.53. The molecule has 0 spiro atoms. The van der Waals surface area contributed by atoms with Crippen LogP contribution < -0.4 is 5.32 Å². The Bertz CT molecular complexity index is 920. The molecule has 1 fully saturated rings. The molecule has 194 valence electrons. The third kappa shape index (κ3) is 8.57. The molecular formula is C29H43ClN2O3. The van der Waals surface area contributed by atoms with E-state index in [4.69, 9.17) is 16.3 Å². The van der Waals surface area contributed by atoms with Gasteiger partial charge in [0.2, 0.25) is 0 Å². The average Bonchev–Trinajstić information content (AvgIpc) is 3.40. The van der Waals surface area contributed by atoms with Gasteiger partial charge in [0, 0.05) is 28.8 Å². The molecule has 6 heteroatoms. The molecule has 1 aromatic rings. The number of amides is 1. The first kappa shape index (κ1) is 30.5. The number of benzene rings is 1. The predicted molar refractivity (Wildman–Crippen MR) is 147 cm³/mol. The van der Waals surface area contributed by atoms with Crippen LogP contribution in [0.2, 0.25) is 5.02 Å². The van der Waals surface area contributed by atoms with Crippen LogP contribution in [0.25, 0.3) is 0 Å². The molecule has 3 rings (SSSR count). The maximum atomic E-state index is 11.5. The molecule has 0 saturated carbocycles. The van der Waals surface area contributed by atoms with E-state index < -0.39 is 0 Å². The zero-order valence-electron chi connectivity index (χ0n) is 22.5. The molecule has 2 atom stereocenters. The van der Waals surface area contributed by atoms with Crippen LogP contribution in [0.15, 0.2) is 59.8 Å². The highest BCUT2D eigenvalue weighted by Gasteiger charge is 2.33. The summed E-state index contributed by atoms with van der Waals surface area (Å²) in [7, 11) is 0. The largest absolute Gasteiger partial charge is 0.448 e. The Labute approximate surface area is 217 Å². The van der Waals surface area contributed by atoms with Gasteiger partial charge in [-0.05, 0) is 63.0 Å². The van der Waals surface area contributed by atoms with Crippen LogP contribution in [0.4, 0.5) is 4.79 Å². The maximum Gasteiger partial charge on any atom is 0.410 e. The second-order valence-corrected chi connectivity index (χ2v) is 9.25. The maximum absolute atomic E-state index is 11.5. The summed E-state index contributed by atoms with van der Waals surface area (Å²) in [5.41, 5.74) is 3.87. The fraction of sp³-hybridized carbons (Fsp3) is 0.517. The van der Waals surface area contributed by atoms with Crippen molar-refractivity contribution in [2.24, 2.45) is 0 Å². The average molecular weight is 503 g/mol. The first-order chi connectivity index (χ1) is 16.6. The zero-order chi connectivity index (χ0) is 26.6. The summed E-state index contributed by atoms with van der Waals surface area (Å²) in [4.78, 5) is 24.5. The second-order valence-electron chi connectivity index (χ2n) is 8.81. The van der Waals surface area contributed by atoms with Crippen molar-refractivity contribution < 1.29 is 14.3 Å². The van der Waals surface area contributed by atoms with Gasteiger partial charge in [-0.3, -0.25) is 4.79 Å². The monoisotopic (exact) mass is 502 g/mol. The van der Waals surface area contributed by atoms with Gasteiger partial charge in [-0.2, -0.15) is 0 Å². The molecule has 2 aliphatic heterocycles. The van der Waals surface area contributed by atoms with Gasteiger partial charge in [0.25, 0.3) is 0 Å². The van der Waals surface area contributed by atoms with Crippen LogP contribution in [-0.2, 0) is 15.1 Å². The standard InChI is InChI=1S/C18H20ClNO.C9H17NO2.C2H6/c1-5-14(13(3)21)10-15-11-18(4,20-12(15)2)16-6-8-17(19)9-7-16;1-3-5-8(4-2)10-6-7-12-9(10)11;1-2/h5-10,20H,1,11H2,2-4H3;8H,3-7H2,1-2H3;1-2H3/b14-10+;;/t18-;;/m1../s1. The van der Waals surface area contributed by atoms with E-state index in [1.807, 2.05) is 56.0 Å². The molecule has 0 aromatic heterocycles. The van der Waals surface area contributed by atoms with E-state index >= 15 is 0 Å². The summed E-state index contributed by atoms with van der Waals surface area (Å²) < 4.78 is 4.88. The number of nitrogens with one attached hydrogen (secondary N) is 1. The van der Waals surface area contributed by atoms with Crippen LogP contribution in [0.1, 0.15) is 79.7 Å². The Morgan fingerprint density at radius 2 is 1.91 bits per heavy atom. The first-order valence-electron chi connectivity index (χ1n) is 12.7. The highest BCUT2D eigenvalue weighted by Crippen LogP contribution is 2.37. The predicted octanol–water partition coefficient (Wildman–Crippen LogP) is 7.57. The van der Waals surface area contributed by atoms with Crippen molar-refractivity contribution >= 4 is 23.5 Å². The van der Waals surface area contributed by atoms with Crippen molar-refractivity contribution in [2.45, 2.75) is 85.7 Å². The minimum absolute atomic E-state index is 0.0328. The number of ether oxygens (including phenoxy) is 1. The fourth-order valence-electron chi connectivity index (χ4n) is 4.35. The third-order valence-corrected chi connectivity index (χ3v) is 6.50. The van der Waals surface area contributed by atoms with E-state index in [1.54, 1.807) is 13.0 Å². The second kappa shape index (κ2) is 14.8. The van der Waals surface area contributed by atoms with Crippen LogP contribution in [0.5, 0.6) is 0 Å². The number of carbonyl (C=O) groups is 2. The Kier molecular flexibility index (Phi) is 12.9. The van der Waals surface area contributed by atoms with E-state index in [0.29, 0.717) is 18.2 Å². The van der Waals surface area contributed by atoms with Crippen LogP contribution in [-0.4, -0.2) is 36.0 Å². The number of Topliss-reactive ketones (excluding diaryl/α,β-unsaturated/α-hetero) is 1.